The quantitative estimate of drug-likeness (QED) is 0.166. The first-order chi connectivity index (χ1) is 27.8. The van der Waals surface area contributed by atoms with Crippen LogP contribution in [0.3, 0.4) is 0 Å². The van der Waals surface area contributed by atoms with Gasteiger partial charge in [-0.1, -0.05) is 158 Å². The fourth-order valence-corrected chi connectivity index (χ4v) is 9.43. The van der Waals surface area contributed by atoms with Gasteiger partial charge in [-0.05, 0) is 103 Å². The van der Waals surface area contributed by atoms with Gasteiger partial charge < -0.3 is 8.98 Å². The molecule has 2 heterocycles. The molecule has 2 nitrogen and oxygen atoms in total. The summed E-state index contributed by atoms with van der Waals surface area (Å²) in [6, 6.07) is 72.8. The van der Waals surface area contributed by atoms with E-state index in [0.717, 1.165) is 38.8 Å². The van der Waals surface area contributed by atoms with E-state index in [1.54, 1.807) is 0 Å². The minimum atomic E-state index is 0.876. The number of furan rings is 1. The van der Waals surface area contributed by atoms with Gasteiger partial charge in [0.15, 0.2) is 0 Å². The first-order valence-corrected chi connectivity index (χ1v) is 19.3. The maximum absolute atomic E-state index is 6.60. The van der Waals surface area contributed by atoms with E-state index in [1.807, 2.05) is 0 Å². The third-order valence-electron chi connectivity index (χ3n) is 11.8. The Hall–Kier alpha value is -7.42. The summed E-state index contributed by atoms with van der Waals surface area (Å²) >= 11 is 0. The second kappa shape index (κ2) is 12.0. The Kier molecular flexibility index (Phi) is 6.66. The molecule has 2 aromatic heterocycles. The van der Waals surface area contributed by atoms with Crippen LogP contribution < -0.4 is 0 Å². The van der Waals surface area contributed by atoms with Crippen molar-refractivity contribution in [2.24, 2.45) is 0 Å². The van der Waals surface area contributed by atoms with Crippen molar-refractivity contribution in [3.05, 3.63) is 200 Å². The van der Waals surface area contributed by atoms with Crippen LogP contribution >= 0.6 is 0 Å². The summed E-state index contributed by atoms with van der Waals surface area (Å²) in [5.41, 5.74) is 12.5. The zero-order valence-corrected chi connectivity index (χ0v) is 30.4. The molecular weight excluding hydrogens is 679 g/mol. The van der Waals surface area contributed by atoms with E-state index in [-0.39, 0.29) is 0 Å². The number of nitrogens with zero attached hydrogens (tertiary/aromatic N) is 1. The summed E-state index contributed by atoms with van der Waals surface area (Å²) in [6.45, 7) is 0. The Balaban J connectivity index is 1.24. The summed E-state index contributed by atoms with van der Waals surface area (Å²) in [4.78, 5) is 0. The van der Waals surface area contributed by atoms with Crippen molar-refractivity contribution in [3.8, 4) is 39.1 Å². The molecule has 12 rings (SSSR count). The second-order valence-corrected chi connectivity index (χ2v) is 14.8. The number of benzene rings is 10. The third-order valence-corrected chi connectivity index (χ3v) is 11.8. The van der Waals surface area contributed by atoms with Gasteiger partial charge in [-0.3, -0.25) is 0 Å². The fourth-order valence-electron chi connectivity index (χ4n) is 9.43. The molecule has 0 radical (unpaired) electrons. The van der Waals surface area contributed by atoms with Crippen LogP contribution in [0, 0.1) is 0 Å². The summed E-state index contributed by atoms with van der Waals surface area (Å²) in [5.74, 6) is 0. The van der Waals surface area contributed by atoms with Gasteiger partial charge in [0, 0.05) is 21.7 Å². The van der Waals surface area contributed by atoms with Gasteiger partial charge in [-0.2, -0.15) is 0 Å². The second-order valence-electron chi connectivity index (χ2n) is 14.8. The molecule has 0 bridgehead atoms. The predicted octanol–water partition coefficient (Wildman–Crippen LogP) is 15.1. The Morgan fingerprint density at radius 2 is 0.839 bits per heavy atom. The van der Waals surface area contributed by atoms with Gasteiger partial charge in [0.25, 0.3) is 0 Å². The lowest BCUT2D eigenvalue weighted by molar-refractivity contribution is 0.669. The zero-order chi connectivity index (χ0) is 36.7. The molecule has 0 amide bonds. The maximum atomic E-state index is 6.60. The molecule has 2 heteroatoms. The lowest BCUT2D eigenvalue weighted by Crippen LogP contribution is -1.99. The topological polar surface area (TPSA) is 18.1 Å². The first-order valence-electron chi connectivity index (χ1n) is 19.3. The van der Waals surface area contributed by atoms with Gasteiger partial charge in [0.1, 0.15) is 11.2 Å². The van der Waals surface area contributed by atoms with Crippen molar-refractivity contribution >= 4 is 76.1 Å². The van der Waals surface area contributed by atoms with Crippen molar-refractivity contribution in [3.63, 3.8) is 0 Å². The van der Waals surface area contributed by atoms with Crippen molar-refractivity contribution in [2.45, 2.75) is 0 Å². The lowest BCUT2D eigenvalue weighted by Gasteiger charge is -2.21. The van der Waals surface area contributed by atoms with E-state index in [4.69, 9.17) is 4.42 Å². The van der Waals surface area contributed by atoms with Crippen molar-refractivity contribution in [1.82, 2.24) is 4.57 Å². The highest BCUT2D eigenvalue weighted by Gasteiger charge is 2.24. The van der Waals surface area contributed by atoms with Crippen molar-refractivity contribution in [1.29, 1.82) is 0 Å². The summed E-state index contributed by atoms with van der Waals surface area (Å²) in [5, 5.41) is 12.1. The lowest BCUT2D eigenvalue weighted by atomic mass is 9.83. The van der Waals surface area contributed by atoms with E-state index in [1.165, 1.54) is 76.4 Å². The van der Waals surface area contributed by atoms with Crippen LogP contribution in [0.25, 0.3) is 115 Å². The van der Waals surface area contributed by atoms with Gasteiger partial charge in [0.2, 0.25) is 0 Å². The summed E-state index contributed by atoms with van der Waals surface area (Å²) in [7, 11) is 0. The molecule has 0 fully saturated rings. The Bertz CT molecular complexity index is 3420. The number of hydrogen-bond acceptors (Lipinski definition) is 1. The largest absolute Gasteiger partial charge is 0.456 e. The number of hydrogen-bond donors (Lipinski definition) is 0. The smallest absolute Gasteiger partial charge is 0.137 e. The molecular formula is C54H33NO. The number of aromatic nitrogens is 1. The molecule has 12 aromatic rings. The monoisotopic (exact) mass is 711 g/mol. The molecule has 0 aliphatic carbocycles. The molecule has 0 unspecified atom stereocenters. The van der Waals surface area contributed by atoms with Gasteiger partial charge >= 0.3 is 0 Å². The van der Waals surface area contributed by atoms with Crippen LogP contribution in [-0.4, -0.2) is 4.57 Å². The number of rotatable bonds is 4. The molecule has 0 aliphatic heterocycles. The minimum absolute atomic E-state index is 0.876. The molecule has 0 saturated carbocycles. The van der Waals surface area contributed by atoms with E-state index in [9.17, 15) is 0 Å². The molecule has 0 atom stereocenters. The summed E-state index contributed by atoms with van der Waals surface area (Å²) < 4.78 is 9.07. The van der Waals surface area contributed by atoms with E-state index < -0.39 is 0 Å². The molecule has 0 N–H and O–H groups in total. The zero-order valence-electron chi connectivity index (χ0n) is 30.4. The van der Waals surface area contributed by atoms with Gasteiger partial charge in [0.05, 0.1) is 22.1 Å². The SMILES string of the molecule is c1ccc(-c2c3ccccc3c(-c3cc(-c4ccc5oc6ccccc6c5c4-n4c5ccccc5c5ccccc54)cc4ccccc34)c3ccccc23)cc1. The average molecular weight is 712 g/mol. The molecule has 0 spiro atoms. The van der Waals surface area contributed by atoms with Gasteiger partial charge in [-0.15, -0.1) is 0 Å². The average Bonchev–Trinajstić information content (AvgIpc) is 3.81. The van der Waals surface area contributed by atoms with E-state index in [0.29, 0.717) is 0 Å². The van der Waals surface area contributed by atoms with Gasteiger partial charge in [-0.25, -0.2) is 0 Å². The molecule has 0 aliphatic rings. The Morgan fingerprint density at radius 1 is 0.321 bits per heavy atom. The molecule has 56 heavy (non-hydrogen) atoms. The van der Waals surface area contributed by atoms with Crippen LogP contribution in [-0.2, 0) is 0 Å². The number of fused-ring (bicyclic) bond motifs is 9. The Morgan fingerprint density at radius 3 is 1.50 bits per heavy atom. The minimum Gasteiger partial charge on any atom is -0.456 e. The summed E-state index contributed by atoms with van der Waals surface area (Å²) in [6.07, 6.45) is 0. The number of para-hydroxylation sites is 3. The molecule has 260 valence electrons. The van der Waals surface area contributed by atoms with Crippen LogP contribution in [0.2, 0.25) is 0 Å². The van der Waals surface area contributed by atoms with Crippen molar-refractivity contribution in [2.75, 3.05) is 0 Å². The standard InChI is InChI=1S/C54H33NO/c1-2-16-34(17-3-1)51-41-22-6-8-24-43(41)52(44-25-9-7-23-42(44)51)46-33-36(32-35-18-4-5-19-37(35)46)38-30-31-50-53(45-26-12-15-29-49(45)56-50)54(38)55-47-27-13-10-20-39(47)40-21-11-14-28-48(40)55/h1-33H. The maximum Gasteiger partial charge on any atom is 0.137 e. The highest BCUT2D eigenvalue weighted by atomic mass is 16.3. The van der Waals surface area contributed by atoms with E-state index >= 15 is 0 Å². The van der Waals surface area contributed by atoms with E-state index in [2.05, 4.69) is 205 Å². The van der Waals surface area contributed by atoms with Crippen LogP contribution in [0.1, 0.15) is 0 Å². The van der Waals surface area contributed by atoms with Crippen LogP contribution in [0.4, 0.5) is 0 Å². The molecule has 10 aromatic carbocycles. The molecule has 0 saturated heterocycles. The van der Waals surface area contributed by atoms with Crippen LogP contribution in [0.5, 0.6) is 0 Å². The van der Waals surface area contributed by atoms with Crippen molar-refractivity contribution < 1.29 is 4.42 Å². The normalized spacial score (nSPS) is 11.9. The Labute approximate surface area is 323 Å². The predicted molar refractivity (Wildman–Crippen MR) is 237 cm³/mol. The first kappa shape index (κ1) is 31.0. The third kappa shape index (κ3) is 4.44. The highest BCUT2D eigenvalue weighted by molar-refractivity contribution is 6.24. The van der Waals surface area contributed by atoms with Crippen LogP contribution in [0.15, 0.2) is 205 Å². The highest BCUT2D eigenvalue weighted by Crippen LogP contribution is 2.48. The fraction of sp³-hybridized carbons (Fsp3) is 0.